The van der Waals surface area contributed by atoms with Crippen molar-refractivity contribution in [1.29, 1.82) is 5.26 Å². The Labute approximate surface area is 142 Å². The molecule has 1 amide bonds. The van der Waals surface area contributed by atoms with Crippen LogP contribution in [0.1, 0.15) is 34.6 Å². The number of pyridine rings is 1. The van der Waals surface area contributed by atoms with Crippen molar-refractivity contribution in [2.45, 2.75) is 13.0 Å². The topological polar surface area (TPSA) is 60.2 Å². The molecule has 0 unspecified atom stereocenters. The normalized spacial score (nSPS) is 16.4. The molecular formula is C19H20N4O. The van der Waals surface area contributed by atoms with Crippen LogP contribution in [-0.2, 0) is 0 Å². The molecule has 5 nitrogen and oxygen atoms in total. The number of nitrogens with zero attached hydrogens (tertiary/aromatic N) is 4. The summed E-state index contributed by atoms with van der Waals surface area (Å²) in [4.78, 5) is 21.2. The molecule has 0 N–H and O–H groups in total. The zero-order valence-corrected chi connectivity index (χ0v) is 13.7. The molecule has 2 aromatic rings. The van der Waals surface area contributed by atoms with Crippen LogP contribution in [0.2, 0.25) is 0 Å². The molecule has 1 aromatic heterocycles. The fraction of sp³-hybridized carbons (Fsp3) is 0.316. The van der Waals surface area contributed by atoms with Crippen LogP contribution in [0, 0.1) is 11.3 Å². The molecule has 24 heavy (non-hydrogen) atoms. The molecule has 2 heterocycles. The maximum Gasteiger partial charge on any atom is 0.253 e. The van der Waals surface area contributed by atoms with E-state index < -0.39 is 0 Å². The number of nitriles is 1. The zero-order valence-electron chi connectivity index (χ0n) is 13.7. The summed E-state index contributed by atoms with van der Waals surface area (Å²) in [6, 6.07) is 15.1. The Bertz CT molecular complexity index is 728. The Kier molecular flexibility index (Phi) is 4.88. The molecule has 0 bridgehead atoms. The Hall–Kier alpha value is -2.71. The molecule has 1 aromatic carbocycles. The highest BCUT2D eigenvalue weighted by atomic mass is 16.2. The molecule has 1 aliphatic heterocycles. The highest BCUT2D eigenvalue weighted by Gasteiger charge is 2.25. The van der Waals surface area contributed by atoms with Crippen molar-refractivity contribution in [3.8, 4) is 6.07 Å². The minimum absolute atomic E-state index is 0.0321. The number of carbonyl (C=O) groups is 1. The van der Waals surface area contributed by atoms with Gasteiger partial charge in [-0.3, -0.25) is 14.7 Å². The van der Waals surface area contributed by atoms with Crippen molar-refractivity contribution < 1.29 is 4.79 Å². The SMILES string of the molecule is C[C@@H](c1ccccn1)N1CCN(C(=O)c2ccc(C#N)cc2)CC1. The van der Waals surface area contributed by atoms with Gasteiger partial charge in [0.05, 0.1) is 17.3 Å². The summed E-state index contributed by atoms with van der Waals surface area (Å²) in [5, 5.41) is 8.83. The monoisotopic (exact) mass is 320 g/mol. The maximum absolute atomic E-state index is 12.6. The van der Waals surface area contributed by atoms with Gasteiger partial charge in [0.1, 0.15) is 0 Å². The summed E-state index contributed by atoms with van der Waals surface area (Å²) < 4.78 is 0. The van der Waals surface area contributed by atoms with E-state index in [-0.39, 0.29) is 11.9 Å². The van der Waals surface area contributed by atoms with Gasteiger partial charge in [-0.1, -0.05) is 6.07 Å². The van der Waals surface area contributed by atoms with Crippen molar-refractivity contribution in [3.63, 3.8) is 0 Å². The lowest BCUT2D eigenvalue weighted by Crippen LogP contribution is -2.49. The van der Waals surface area contributed by atoms with Gasteiger partial charge in [0.2, 0.25) is 0 Å². The summed E-state index contributed by atoms with van der Waals surface area (Å²) in [5.41, 5.74) is 2.27. The van der Waals surface area contributed by atoms with Gasteiger partial charge in [-0.25, -0.2) is 0 Å². The van der Waals surface area contributed by atoms with Gasteiger partial charge >= 0.3 is 0 Å². The standard InChI is InChI=1S/C19H20N4O/c1-15(18-4-2-3-9-21-18)22-10-12-23(13-11-22)19(24)17-7-5-16(14-20)6-8-17/h2-9,15H,10-13H2,1H3/t15-/m0/s1. The molecule has 0 saturated carbocycles. The number of hydrogen-bond donors (Lipinski definition) is 0. The van der Waals surface area contributed by atoms with Crippen LogP contribution in [0.25, 0.3) is 0 Å². The van der Waals surface area contributed by atoms with E-state index in [2.05, 4.69) is 22.9 Å². The van der Waals surface area contributed by atoms with E-state index in [0.29, 0.717) is 24.2 Å². The number of benzene rings is 1. The molecule has 0 spiro atoms. The second kappa shape index (κ2) is 7.24. The van der Waals surface area contributed by atoms with E-state index in [9.17, 15) is 4.79 Å². The first kappa shape index (κ1) is 16.2. The predicted molar refractivity (Wildman–Crippen MR) is 91.3 cm³/mol. The van der Waals surface area contributed by atoms with Crippen LogP contribution < -0.4 is 0 Å². The van der Waals surface area contributed by atoms with Crippen molar-refractivity contribution in [1.82, 2.24) is 14.8 Å². The van der Waals surface area contributed by atoms with Crippen molar-refractivity contribution in [2.24, 2.45) is 0 Å². The first-order valence-electron chi connectivity index (χ1n) is 8.13. The van der Waals surface area contributed by atoms with Gasteiger partial charge in [0, 0.05) is 44.0 Å². The lowest BCUT2D eigenvalue weighted by Gasteiger charge is -2.37. The summed E-state index contributed by atoms with van der Waals surface area (Å²) in [6.45, 7) is 5.23. The number of hydrogen-bond acceptors (Lipinski definition) is 4. The second-order valence-electron chi connectivity index (χ2n) is 5.95. The Balaban J connectivity index is 1.60. The molecule has 1 aliphatic rings. The van der Waals surface area contributed by atoms with Gasteiger partial charge in [0.25, 0.3) is 5.91 Å². The van der Waals surface area contributed by atoms with Crippen LogP contribution in [0.3, 0.4) is 0 Å². The molecular weight excluding hydrogens is 300 g/mol. The minimum atomic E-state index is 0.0321. The minimum Gasteiger partial charge on any atom is -0.336 e. The van der Waals surface area contributed by atoms with Crippen LogP contribution in [-0.4, -0.2) is 46.9 Å². The largest absolute Gasteiger partial charge is 0.336 e. The van der Waals surface area contributed by atoms with Gasteiger partial charge in [0.15, 0.2) is 0 Å². The van der Waals surface area contributed by atoms with Gasteiger partial charge in [-0.05, 0) is 43.3 Å². The smallest absolute Gasteiger partial charge is 0.253 e. The van der Waals surface area contributed by atoms with E-state index >= 15 is 0 Å². The van der Waals surface area contributed by atoms with Crippen molar-refractivity contribution in [2.75, 3.05) is 26.2 Å². The molecule has 1 fully saturated rings. The molecule has 3 rings (SSSR count). The Morgan fingerprint density at radius 1 is 1.12 bits per heavy atom. The van der Waals surface area contributed by atoms with Gasteiger partial charge in [-0.2, -0.15) is 5.26 Å². The molecule has 122 valence electrons. The number of amides is 1. The zero-order chi connectivity index (χ0) is 16.9. The van der Waals surface area contributed by atoms with E-state index in [0.717, 1.165) is 18.8 Å². The number of carbonyl (C=O) groups excluding carboxylic acids is 1. The third kappa shape index (κ3) is 3.44. The van der Waals surface area contributed by atoms with Crippen LogP contribution >= 0.6 is 0 Å². The van der Waals surface area contributed by atoms with E-state index in [1.54, 1.807) is 24.3 Å². The first-order valence-corrected chi connectivity index (χ1v) is 8.13. The average molecular weight is 320 g/mol. The van der Waals surface area contributed by atoms with E-state index in [4.69, 9.17) is 5.26 Å². The Morgan fingerprint density at radius 2 is 1.83 bits per heavy atom. The van der Waals surface area contributed by atoms with Crippen LogP contribution in [0.5, 0.6) is 0 Å². The fourth-order valence-electron chi connectivity index (χ4n) is 2.99. The van der Waals surface area contributed by atoms with E-state index in [1.807, 2.05) is 29.3 Å². The number of piperazine rings is 1. The maximum atomic E-state index is 12.6. The van der Waals surface area contributed by atoms with Gasteiger partial charge < -0.3 is 4.90 Å². The highest BCUT2D eigenvalue weighted by molar-refractivity contribution is 5.94. The third-order valence-electron chi connectivity index (χ3n) is 4.53. The first-order chi connectivity index (χ1) is 11.7. The number of aromatic nitrogens is 1. The van der Waals surface area contributed by atoms with Crippen molar-refractivity contribution >= 4 is 5.91 Å². The average Bonchev–Trinajstić information content (AvgIpc) is 2.68. The third-order valence-corrected chi connectivity index (χ3v) is 4.53. The summed E-state index contributed by atoms with van der Waals surface area (Å²) in [7, 11) is 0. The summed E-state index contributed by atoms with van der Waals surface area (Å²) in [5.74, 6) is 0.0321. The highest BCUT2D eigenvalue weighted by Crippen LogP contribution is 2.20. The second-order valence-corrected chi connectivity index (χ2v) is 5.95. The molecule has 1 saturated heterocycles. The predicted octanol–water partition coefficient (Wildman–Crippen LogP) is 2.47. The Morgan fingerprint density at radius 3 is 2.42 bits per heavy atom. The quantitative estimate of drug-likeness (QED) is 0.872. The van der Waals surface area contributed by atoms with Crippen LogP contribution in [0.4, 0.5) is 0 Å². The summed E-state index contributed by atoms with van der Waals surface area (Å²) >= 11 is 0. The van der Waals surface area contributed by atoms with Gasteiger partial charge in [-0.15, -0.1) is 0 Å². The molecule has 0 radical (unpaired) electrons. The number of rotatable bonds is 3. The lowest BCUT2D eigenvalue weighted by atomic mass is 10.1. The molecule has 5 heteroatoms. The summed E-state index contributed by atoms with van der Waals surface area (Å²) in [6.07, 6.45) is 1.82. The lowest BCUT2D eigenvalue weighted by molar-refractivity contribution is 0.0579. The van der Waals surface area contributed by atoms with Crippen molar-refractivity contribution in [3.05, 3.63) is 65.5 Å². The molecule has 1 atom stereocenters. The van der Waals surface area contributed by atoms with Crippen LogP contribution in [0.15, 0.2) is 48.7 Å². The molecule has 0 aliphatic carbocycles. The van der Waals surface area contributed by atoms with E-state index in [1.165, 1.54) is 0 Å². The fourth-order valence-corrected chi connectivity index (χ4v) is 2.99.